The Morgan fingerprint density at radius 1 is 1.50 bits per heavy atom. The molecule has 2 unspecified atom stereocenters. The number of rotatable bonds is 3. The summed E-state index contributed by atoms with van der Waals surface area (Å²) in [6.45, 7) is 3.77. The molecule has 3 nitrogen and oxygen atoms in total. The smallest absolute Gasteiger partial charge is 0.222 e. The van der Waals surface area contributed by atoms with Crippen LogP contribution in [-0.4, -0.2) is 29.9 Å². The summed E-state index contributed by atoms with van der Waals surface area (Å²) in [4.78, 5) is 13.5. The van der Waals surface area contributed by atoms with Crippen LogP contribution in [0.1, 0.15) is 32.6 Å². The molecule has 1 amide bonds. The second-order valence-corrected chi connectivity index (χ2v) is 4.66. The van der Waals surface area contributed by atoms with Crippen molar-refractivity contribution in [3.63, 3.8) is 0 Å². The van der Waals surface area contributed by atoms with Gasteiger partial charge in [0.15, 0.2) is 0 Å². The molecule has 0 aromatic heterocycles. The monoisotopic (exact) mass is 196 g/mol. The maximum absolute atomic E-state index is 11.5. The van der Waals surface area contributed by atoms with Crippen LogP contribution in [0.25, 0.3) is 0 Å². The third kappa shape index (κ3) is 1.65. The molecule has 2 aliphatic rings. The summed E-state index contributed by atoms with van der Waals surface area (Å²) in [5, 5.41) is 0. The molecule has 0 spiro atoms. The van der Waals surface area contributed by atoms with Gasteiger partial charge in [-0.1, -0.05) is 6.42 Å². The number of carbonyl (C=O) groups is 1. The van der Waals surface area contributed by atoms with E-state index in [9.17, 15) is 4.79 Å². The highest BCUT2D eigenvalue weighted by atomic mass is 16.2. The Hall–Kier alpha value is -0.570. The lowest BCUT2D eigenvalue weighted by molar-refractivity contribution is -0.127. The van der Waals surface area contributed by atoms with E-state index in [1.165, 1.54) is 19.3 Å². The molecule has 2 rings (SSSR count). The van der Waals surface area contributed by atoms with Gasteiger partial charge in [0.1, 0.15) is 0 Å². The van der Waals surface area contributed by atoms with Gasteiger partial charge in [-0.2, -0.15) is 0 Å². The van der Waals surface area contributed by atoms with E-state index < -0.39 is 0 Å². The quantitative estimate of drug-likeness (QED) is 0.731. The Morgan fingerprint density at radius 2 is 2.21 bits per heavy atom. The van der Waals surface area contributed by atoms with E-state index in [0.717, 1.165) is 13.1 Å². The number of hydrogen-bond acceptors (Lipinski definition) is 2. The van der Waals surface area contributed by atoms with Crippen LogP contribution in [0.4, 0.5) is 0 Å². The van der Waals surface area contributed by atoms with E-state index in [4.69, 9.17) is 5.73 Å². The van der Waals surface area contributed by atoms with Gasteiger partial charge >= 0.3 is 0 Å². The number of likely N-dealkylation sites (tertiary alicyclic amines) is 1. The molecule has 1 heterocycles. The molecule has 14 heavy (non-hydrogen) atoms. The molecule has 80 valence electrons. The minimum Gasteiger partial charge on any atom is -0.343 e. The predicted octanol–water partition coefficient (Wildman–Crippen LogP) is 0.982. The molecule has 0 aromatic rings. The molecular weight excluding hydrogens is 176 g/mol. The zero-order valence-corrected chi connectivity index (χ0v) is 8.91. The molecule has 1 saturated carbocycles. The number of carbonyl (C=O) groups excluding carboxylic acids is 1. The van der Waals surface area contributed by atoms with Gasteiger partial charge in [0, 0.05) is 31.5 Å². The first-order valence-corrected chi connectivity index (χ1v) is 5.75. The molecule has 2 atom stereocenters. The summed E-state index contributed by atoms with van der Waals surface area (Å²) in [5.74, 6) is 1.42. The van der Waals surface area contributed by atoms with Crippen LogP contribution in [0.15, 0.2) is 0 Å². The topological polar surface area (TPSA) is 46.3 Å². The van der Waals surface area contributed by atoms with Crippen LogP contribution in [-0.2, 0) is 4.79 Å². The third-order valence-electron chi connectivity index (χ3n) is 3.86. The van der Waals surface area contributed by atoms with Crippen molar-refractivity contribution in [3.05, 3.63) is 0 Å². The van der Waals surface area contributed by atoms with Crippen molar-refractivity contribution in [2.75, 3.05) is 13.1 Å². The van der Waals surface area contributed by atoms with Crippen LogP contribution in [0.2, 0.25) is 0 Å². The van der Waals surface area contributed by atoms with Crippen LogP contribution in [0.5, 0.6) is 0 Å². The lowest BCUT2D eigenvalue weighted by atomic mass is 9.75. The molecule has 1 aliphatic carbocycles. The van der Waals surface area contributed by atoms with Crippen molar-refractivity contribution < 1.29 is 4.79 Å². The highest BCUT2D eigenvalue weighted by molar-refractivity contribution is 5.78. The normalized spacial score (nSPS) is 30.6. The van der Waals surface area contributed by atoms with E-state index in [1.807, 2.05) is 11.8 Å². The van der Waals surface area contributed by atoms with E-state index in [-0.39, 0.29) is 6.04 Å². The van der Waals surface area contributed by atoms with Gasteiger partial charge in [0.05, 0.1) is 0 Å². The van der Waals surface area contributed by atoms with Gasteiger partial charge in [0.2, 0.25) is 5.91 Å². The van der Waals surface area contributed by atoms with Gasteiger partial charge in [-0.15, -0.1) is 0 Å². The SMILES string of the molecule is CCN1CC(C(N)C2CCC2)CC1=O. The predicted molar refractivity (Wildman–Crippen MR) is 55.7 cm³/mol. The maximum Gasteiger partial charge on any atom is 0.222 e. The summed E-state index contributed by atoms with van der Waals surface area (Å²) < 4.78 is 0. The Labute approximate surface area is 85.6 Å². The average Bonchev–Trinajstić information content (AvgIpc) is 2.43. The second-order valence-electron chi connectivity index (χ2n) is 4.66. The van der Waals surface area contributed by atoms with Gasteiger partial charge in [-0.3, -0.25) is 4.79 Å². The lowest BCUT2D eigenvalue weighted by Crippen LogP contribution is -2.41. The Bertz CT molecular complexity index is 225. The van der Waals surface area contributed by atoms with E-state index in [2.05, 4.69) is 0 Å². The van der Waals surface area contributed by atoms with E-state index in [0.29, 0.717) is 24.2 Å². The fraction of sp³-hybridized carbons (Fsp3) is 0.909. The number of hydrogen-bond donors (Lipinski definition) is 1. The summed E-state index contributed by atoms with van der Waals surface area (Å²) >= 11 is 0. The molecule has 0 radical (unpaired) electrons. The summed E-state index contributed by atoms with van der Waals surface area (Å²) in [7, 11) is 0. The number of amides is 1. The summed E-state index contributed by atoms with van der Waals surface area (Å²) in [5.41, 5.74) is 6.18. The van der Waals surface area contributed by atoms with Crippen molar-refractivity contribution in [2.24, 2.45) is 17.6 Å². The number of nitrogens with two attached hydrogens (primary N) is 1. The lowest BCUT2D eigenvalue weighted by Gasteiger charge is -2.34. The highest BCUT2D eigenvalue weighted by Crippen LogP contribution is 2.34. The molecule has 2 fully saturated rings. The van der Waals surface area contributed by atoms with E-state index >= 15 is 0 Å². The molecule has 1 aliphatic heterocycles. The first kappa shape index (κ1) is 9.97. The van der Waals surface area contributed by atoms with Gasteiger partial charge in [0.25, 0.3) is 0 Å². The fourth-order valence-electron chi connectivity index (χ4n) is 2.58. The van der Waals surface area contributed by atoms with Crippen LogP contribution in [0, 0.1) is 11.8 Å². The Morgan fingerprint density at radius 3 is 2.64 bits per heavy atom. The average molecular weight is 196 g/mol. The van der Waals surface area contributed by atoms with Crippen LogP contribution in [0.3, 0.4) is 0 Å². The molecule has 0 bridgehead atoms. The van der Waals surface area contributed by atoms with Crippen molar-refractivity contribution in [2.45, 2.75) is 38.6 Å². The Balaban J connectivity index is 1.90. The first-order valence-electron chi connectivity index (χ1n) is 5.75. The highest BCUT2D eigenvalue weighted by Gasteiger charge is 2.37. The summed E-state index contributed by atoms with van der Waals surface area (Å²) in [6.07, 6.45) is 4.57. The Kier molecular flexibility index (Phi) is 2.77. The molecule has 3 heteroatoms. The van der Waals surface area contributed by atoms with Crippen molar-refractivity contribution in [1.82, 2.24) is 4.90 Å². The van der Waals surface area contributed by atoms with Gasteiger partial charge in [-0.25, -0.2) is 0 Å². The molecule has 0 aromatic carbocycles. The summed E-state index contributed by atoms with van der Waals surface area (Å²) in [6, 6.07) is 0.268. The maximum atomic E-state index is 11.5. The standard InChI is InChI=1S/C11H20N2O/c1-2-13-7-9(6-10(13)14)11(12)8-4-3-5-8/h8-9,11H,2-7,12H2,1H3. The van der Waals surface area contributed by atoms with Crippen molar-refractivity contribution >= 4 is 5.91 Å². The van der Waals surface area contributed by atoms with Crippen LogP contribution >= 0.6 is 0 Å². The van der Waals surface area contributed by atoms with Gasteiger partial charge in [-0.05, 0) is 25.7 Å². The van der Waals surface area contributed by atoms with Crippen LogP contribution < -0.4 is 5.73 Å². The molecule has 2 N–H and O–H groups in total. The minimum atomic E-state index is 0.268. The zero-order valence-electron chi connectivity index (χ0n) is 8.91. The van der Waals surface area contributed by atoms with Crippen molar-refractivity contribution in [1.29, 1.82) is 0 Å². The number of nitrogens with zero attached hydrogens (tertiary/aromatic N) is 1. The van der Waals surface area contributed by atoms with Gasteiger partial charge < -0.3 is 10.6 Å². The van der Waals surface area contributed by atoms with E-state index in [1.54, 1.807) is 0 Å². The molecular formula is C11H20N2O. The largest absolute Gasteiger partial charge is 0.343 e. The molecule has 1 saturated heterocycles. The minimum absolute atomic E-state index is 0.268. The first-order chi connectivity index (χ1) is 6.72. The van der Waals surface area contributed by atoms with Crippen molar-refractivity contribution in [3.8, 4) is 0 Å². The third-order valence-corrected chi connectivity index (χ3v) is 3.86. The zero-order chi connectivity index (χ0) is 10.1. The second kappa shape index (κ2) is 3.89. The fourth-order valence-corrected chi connectivity index (χ4v) is 2.58.